The van der Waals surface area contributed by atoms with Crippen LogP contribution in [0.15, 0.2) is 17.5 Å². The number of nitrogens with two attached hydrogens (primary N) is 1. The van der Waals surface area contributed by atoms with E-state index in [1.165, 1.54) is 0 Å². The van der Waals surface area contributed by atoms with Crippen molar-refractivity contribution in [1.82, 2.24) is 5.32 Å². The van der Waals surface area contributed by atoms with E-state index in [0.717, 1.165) is 17.7 Å². The van der Waals surface area contributed by atoms with Crippen molar-refractivity contribution in [3.05, 3.63) is 22.4 Å². The Kier molecular flexibility index (Phi) is 6.08. The first kappa shape index (κ1) is 15.4. The quantitative estimate of drug-likeness (QED) is 0.889. The fourth-order valence-electron chi connectivity index (χ4n) is 1.99. The second-order valence-corrected chi connectivity index (χ2v) is 5.28. The molecule has 102 valence electrons. The van der Waals surface area contributed by atoms with E-state index >= 15 is 0 Å². The monoisotopic (exact) mass is 290 g/mol. The molecule has 1 aromatic heterocycles. The highest BCUT2D eigenvalue weighted by molar-refractivity contribution is 7.10. The van der Waals surface area contributed by atoms with Crippen LogP contribution in [0.25, 0.3) is 0 Å². The number of rotatable bonds is 4. The third-order valence-corrected chi connectivity index (χ3v) is 4.05. The summed E-state index contributed by atoms with van der Waals surface area (Å²) in [6.45, 7) is 2.48. The summed E-state index contributed by atoms with van der Waals surface area (Å²) in [7, 11) is 0. The molecule has 18 heavy (non-hydrogen) atoms. The lowest BCUT2D eigenvalue weighted by atomic mass is 10.2. The van der Waals surface area contributed by atoms with Crippen LogP contribution in [-0.4, -0.2) is 24.7 Å². The molecule has 0 aromatic carbocycles. The van der Waals surface area contributed by atoms with Gasteiger partial charge in [0.2, 0.25) is 5.91 Å². The number of carbonyl (C=O) groups is 1. The summed E-state index contributed by atoms with van der Waals surface area (Å²) in [6.07, 6.45) is 1.36. The van der Waals surface area contributed by atoms with E-state index in [9.17, 15) is 4.79 Å². The minimum atomic E-state index is -0.328. The van der Waals surface area contributed by atoms with E-state index in [2.05, 4.69) is 5.32 Å². The van der Waals surface area contributed by atoms with E-state index in [-0.39, 0.29) is 36.6 Å². The van der Waals surface area contributed by atoms with Crippen LogP contribution in [0.3, 0.4) is 0 Å². The van der Waals surface area contributed by atoms with Crippen LogP contribution in [0.1, 0.15) is 30.7 Å². The van der Waals surface area contributed by atoms with Gasteiger partial charge in [-0.15, -0.1) is 23.7 Å². The lowest BCUT2D eigenvalue weighted by Crippen LogP contribution is -2.36. The number of amides is 1. The number of halogens is 1. The lowest BCUT2D eigenvalue weighted by Gasteiger charge is -2.16. The molecule has 0 radical (unpaired) electrons. The molecule has 2 rings (SSSR count). The van der Waals surface area contributed by atoms with Crippen molar-refractivity contribution in [3.8, 4) is 0 Å². The molecule has 1 fully saturated rings. The summed E-state index contributed by atoms with van der Waals surface area (Å²) in [5.74, 6) is -0.0261. The summed E-state index contributed by atoms with van der Waals surface area (Å²) in [6, 6.07) is 4.05. The first-order valence-electron chi connectivity index (χ1n) is 5.90. The summed E-state index contributed by atoms with van der Waals surface area (Å²) in [5.41, 5.74) is 5.52. The Morgan fingerprint density at radius 1 is 1.67 bits per heavy atom. The molecular weight excluding hydrogens is 272 g/mol. The van der Waals surface area contributed by atoms with Crippen LogP contribution in [-0.2, 0) is 9.53 Å². The van der Waals surface area contributed by atoms with Crippen LogP contribution in [0, 0.1) is 0 Å². The summed E-state index contributed by atoms with van der Waals surface area (Å²) in [4.78, 5) is 13.1. The van der Waals surface area contributed by atoms with Crippen molar-refractivity contribution in [3.63, 3.8) is 0 Å². The summed E-state index contributed by atoms with van der Waals surface area (Å²) >= 11 is 1.65. The Morgan fingerprint density at radius 2 is 2.44 bits per heavy atom. The van der Waals surface area contributed by atoms with E-state index in [1.54, 1.807) is 11.3 Å². The van der Waals surface area contributed by atoms with Crippen molar-refractivity contribution in [2.75, 3.05) is 6.54 Å². The molecule has 3 N–H and O–H groups in total. The van der Waals surface area contributed by atoms with Crippen LogP contribution < -0.4 is 11.1 Å². The number of ether oxygens (including phenoxy) is 1. The number of carbonyl (C=O) groups excluding carboxylic acids is 1. The van der Waals surface area contributed by atoms with E-state index in [0.29, 0.717) is 6.54 Å². The lowest BCUT2D eigenvalue weighted by molar-refractivity contribution is -0.132. The molecule has 1 saturated heterocycles. The van der Waals surface area contributed by atoms with Crippen molar-refractivity contribution >= 4 is 29.7 Å². The molecular formula is C12H19ClN2O2S. The van der Waals surface area contributed by atoms with Gasteiger partial charge in [-0.25, -0.2) is 0 Å². The smallest absolute Gasteiger partial charge is 0.249 e. The molecule has 1 aromatic rings. The topological polar surface area (TPSA) is 64.4 Å². The second-order valence-electron chi connectivity index (χ2n) is 4.31. The standard InChI is InChI=1S/C12H18N2O2S.ClH/c1-8(11-3-2-6-17-11)14-12(15)10-5-4-9(7-13)16-10;/h2-3,6,8-10H,4-5,7,13H2,1H3,(H,14,15);1H/t8?,9-,10+;/m1./s1. The fraction of sp³-hybridized carbons (Fsp3) is 0.583. The Bertz CT molecular complexity index is 372. The molecule has 6 heteroatoms. The molecule has 4 nitrogen and oxygen atoms in total. The number of hydrogen-bond acceptors (Lipinski definition) is 4. The van der Waals surface area contributed by atoms with Crippen LogP contribution >= 0.6 is 23.7 Å². The second kappa shape index (κ2) is 7.09. The molecule has 0 saturated carbocycles. The van der Waals surface area contributed by atoms with Gasteiger partial charge in [0.25, 0.3) is 0 Å². The molecule has 0 bridgehead atoms. The Hall–Kier alpha value is -0.620. The predicted octanol–water partition coefficient (Wildman–Crippen LogP) is 1.85. The maximum absolute atomic E-state index is 11.9. The highest BCUT2D eigenvalue weighted by atomic mass is 35.5. The van der Waals surface area contributed by atoms with Gasteiger partial charge in [0.05, 0.1) is 12.1 Å². The van der Waals surface area contributed by atoms with Crippen molar-refractivity contribution in [2.24, 2.45) is 5.73 Å². The van der Waals surface area contributed by atoms with Gasteiger partial charge in [-0.1, -0.05) is 6.07 Å². The maximum Gasteiger partial charge on any atom is 0.249 e. The molecule has 0 aliphatic carbocycles. The first-order chi connectivity index (χ1) is 8.20. The normalized spacial score (nSPS) is 24.3. The minimum Gasteiger partial charge on any atom is -0.364 e. The van der Waals surface area contributed by atoms with Crippen molar-refractivity contribution < 1.29 is 9.53 Å². The van der Waals surface area contributed by atoms with E-state index in [4.69, 9.17) is 10.5 Å². The average molecular weight is 291 g/mol. The zero-order valence-corrected chi connectivity index (χ0v) is 11.9. The van der Waals surface area contributed by atoms with E-state index < -0.39 is 0 Å². The van der Waals surface area contributed by atoms with Gasteiger partial charge in [-0.05, 0) is 31.2 Å². The van der Waals surface area contributed by atoms with Crippen LogP contribution in [0.5, 0.6) is 0 Å². The largest absolute Gasteiger partial charge is 0.364 e. The fourth-order valence-corrected chi connectivity index (χ4v) is 2.72. The molecule has 0 spiro atoms. The molecule has 1 amide bonds. The predicted molar refractivity (Wildman–Crippen MR) is 75.1 cm³/mol. The number of thiophene rings is 1. The zero-order chi connectivity index (χ0) is 12.3. The minimum absolute atomic E-state index is 0. The van der Waals surface area contributed by atoms with Gasteiger partial charge in [0, 0.05) is 11.4 Å². The summed E-state index contributed by atoms with van der Waals surface area (Å²) < 4.78 is 5.56. The molecule has 1 unspecified atom stereocenters. The summed E-state index contributed by atoms with van der Waals surface area (Å²) in [5, 5.41) is 4.98. The van der Waals surface area contributed by atoms with Gasteiger partial charge >= 0.3 is 0 Å². The van der Waals surface area contributed by atoms with Gasteiger partial charge in [-0.3, -0.25) is 4.79 Å². The van der Waals surface area contributed by atoms with Crippen LogP contribution in [0.2, 0.25) is 0 Å². The third-order valence-electron chi connectivity index (χ3n) is 2.99. The van der Waals surface area contributed by atoms with E-state index in [1.807, 2.05) is 24.4 Å². The van der Waals surface area contributed by atoms with Gasteiger partial charge in [0.1, 0.15) is 6.10 Å². The maximum atomic E-state index is 11.9. The zero-order valence-electron chi connectivity index (χ0n) is 10.3. The Labute approximate surface area is 117 Å². The van der Waals surface area contributed by atoms with Crippen molar-refractivity contribution in [1.29, 1.82) is 0 Å². The SMILES string of the molecule is CC(NC(=O)[C@@H]1CC[C@H](CN)O1)c1cccs1.Cl. The Balaban J connectivity index is 0.00000162. The highest BCUT2D eigenvalue weighted by Crippen LogP contribution is 2.22. The highest BCUT2D eigenvalue weighted by Gasteiger charge is 2.30. The van der Waals surface area contributed by atoms with Gasteiger partial charge in [-0.2, -0.15) is 0 Å². The molecule has 1 aliphatic heterocycles. The van der Waals surface area contributed by atoms with Gasteiger partial charge in [0.15, 0.2) is 0 Å². The Morgan fingerprint density at radius 3 is 3.00 bits per heavy atom. The van der Waals surface area contributed by atoms with Gasteiger partial charge < -0.3 is 15.8 Å². The third kappa shape index (κ3) is 3.68. The molecule has 1 aliphatic rings. The average Bonchev–Trinajstić information content (AvgIpc) is 3.00. The van der Waals surface area contributed by atoms with Crippen molar-refractivity contribution in [2.45, 2.75) is 38.0 Å². The number of nitrogens with one attached hydrogen (secondary N) is 1. The molecule has 2 heterocycles. The van der Waals surface area contributed by atoms with Crippen LogP contribution in [0.4, 0.5) is 0 Å². The first-order valence-corrected chi connectivity index (χ1v) is 6.78. The number of hydrogen-bond donors (Lipinski definition) is 2. The molecule has 3 atom stereocenters.